The van der Waals surface area contributed by atoms with Crippen molar-refractivity contribution < 1.29 is 18.0 Å². The zero-order valence-electron chi connectivity index (χ0n) is 18.4. The molecule has 0 saturated carbocycles. The molecule has 1 aliphatic rings. The van der Waals surface area contributed by atoms with E-state index in [2.05, 4.69) is 10.6 Å². The molecule has 2 amide bonds. The van der Waals surface area contributed by atoms with E-state index in [-0.39, 0.29) is 27.0 Å². The van der Waals surface area contributed by atoms with Crippen LogP contribution in [0.3, 0.4) is 0 Å². The number of nitrogen functional groups attached to an aromatic ring is 1. The highest BCUT2D eigenvalue weighted by molar-refractivity contribution is 7.93. The number of rotatable bonds is 7. The van der Waals surface area contributed by atoms with Gasteiger partial charge in [-0.1, -0.05) is 47.5 Å². The van der Waals surface area contributed by atoms with Gasteiger partial charge in [0.15, 0.2) is 0 Å². The fourth-order valence-electron chi connectivity index (χ4n) is 3.76. The molecule has 11 heteroatoms. The summed E-state index contributed by atoms with van der Waals surface area (Å²) in [5.74, 6) is -1.07. The average molecular weight is 533 g/mol. The lowest BCUT2D eigenvalue weighted by molar-refractivity contribution is -0.125. The number of anilines is 3. The summed E-state index contributed by atoms with van der Waals surface area (Å²) in [6.07, 6.45) is 0.180. The van der Waals surface area contributed by atoms with Crippen molar-refractivity contribution in [2.24, 2.45) is 0 Å². The third-order valence-corrected chi connectivity index (χ3v) is 8.09. The molecule has 4 rings (SSSR count). The maximum absolute atomic E-state index is 13.7. The Morgan fingerprint density at radius 2 is 1.74 bits per heavy atom. The van der Waals surface area contributed by atoms with Crippen molar-refractivity contribution in [3.05, 3.63) is 82.3 Å². The van der Waals surface area contributed by atoms with Gasteiger partial charge in [-0.2, -0.15) is 0 Å². The molecule has 1 heterocycles. The number of para-hydroxylation sites is 2. The third kappa shape index (κ3) is 5.37. The number of nitrogens with zero attached hydrogens (tertiary/aromatic N) is 1. The van der Waals surface area contributed by atoms with E-state index in [1.807, 2.05) is 12.1 Å². The number of fused-ring (bicyclic) bond motifs is 1. The van der Waals surface area contributed by atoms with Crippen LogP contribution in [0.25, 0.3) is 0 Å². The second kappa shape index (κ2) is 10.2. The van der Waals surface area contributed by atoms with Crippen molar-refractivity contribution in [2.75, 3.05) is 21.9 Å². The molecule has 182 valence electrons. The van der Waals surface area contributed by atoms with Gasteiger partial charge >= 0.3 is 0 Å². The molecule has 0 fully saturated rings. The van der Waals surface area contributed by atoms with Crippen molar-refractivity contribution in [1.82, 2.24) is 5.32 Å². The molecule has 3 aromatic carbocycles. The van der Waals surface area contributed by atoms with E-state index < -0.39 is 27.9 Å². The maximum Gasteiger partial charge on any atom is 0.265 e. The quantitative estimate of drug-likeness (QED) is 0.399. The molecule has 3 aromatic rings. The first kappa shape index (κ1) is 24.8. The van der Waals surface area contributed by atoms with Crippen LogP contribution in [-0.4, -0.2) is 32.8 Å². The van der Waals surface area contributed by atoms with Gasteiger partial charge < -0.3 is 16.4 Å². The lowest BCUT2D eigenvalue weighted by Crippen LogP contribution is -2.52. The van der Waals surface area contributed by atoms with Crippen molar-refractivity contribution in [2.45, 2.75) is 23.8 Å². The normalized spacial score (nSPS) is 15.3. The Labute approximate surface area is 213 Å². The zero-order chi connectivity index (χ0) is 25.2. The minimum Gasteiger partial charge on any atom is -0.399 e. The number of nitrogens with one attached hydrogen (secondary N) is 2. The lowest BCUT2D eigenvalue weighted by atomic mass is 10.1. The topological polar surface area (TPSA) is 122 Å². The van der Waals surface area contributed by atoms with Crippen molar-refractivity contribution >= 4 is 62.1 Å². The Kier molecular flexibility index (Phi) is 7.20. The largest absolute Gasteiger partial charge is 0.399 e. The molecule has 0 radical (unpaired) electrons. The highest BCUT2D eigenvalue weighted by Gasteiger charge is 2.42. The monoisotopic (exact) mass is 532 g/mol. The lowest BCUT2D eigenvalue weighted by Gasteiger charge is -2.36. The second-order valence-corrected chi connectivity index (χ2v) is 10.6. The Balaban J connectivity index is 1.59. The Morgan fingerprint density at radius 1 is 1.03 bits per heavy atom. The molecule has 0 aliphatic carbocycles. The van der Waals surface area contributed by atoms with Crippen LogP contribution in [-0.2, 0) is 26.0 Å². The molecule has 1 aliphatic heterocycles. The predicted octanol–water partition coefficient (Wildman–Crippen LogP) is 3.84. The number of carbonyl (C=O) groups is 2. The van der Waals surface area contributed by atoms with E-state index in [0.29, 0.717) is 24.3 Å². The van der Waals surface area contributed by atoms with Gasteiger partial charge in [0.2, 0.25) is 11.8 Å². The third-order valence-electron chi connectivity index (χ3n) is 5.53. The molecule has 35 heavy (non-hydrogen) atoms. The van der Waals surface area contributed by atoms with Gasteiger partial charge in [-0.25, -0.2) is 8.42 Å². The number of nitrogens with two attached hydrogens (primary N) is 1. The van der Waals surface area contributed by atoms with E-state index in [0.717, 1.165) is 9.87 Å². The maximum atomic E-state index is 13.7. The van der Waals surface area contributed by atoms with E-state index in [4.69, 9.17) is 28.9 Å². The Bertz CT molecular complexity index is 1380. The van der Waals surface area contributed by atoms with Crippen LogP contribution in [0, 0.1) is 0 Å². The van der Waals surface area contributed by atoms with Gasteiger partial charge in [0.1, 0.15) is 6.04 Å². The summed E-state index contributed by atoms with van der Waals surface area (Å²) in [4.78, 5) is 25.6. The highest BCUT2D eigenvalue weighted by Crippen LogP contribution is 2.38. The summed E-state index contributed by atoms with van der Waals surface area (Å²) < 4.78 is 28.3. The summed E-state index contributed by atoms with van der Waals surface area (Å²) in [5.41, 5.74) is 7.88. The smallest absolute Gasteiger partial charge is 0.265 e. The zero-order valence-corrected chi connectivity index (χ0v) is 20.7. The number of halogens is 2. The summed E-state index contributed by atoms with van der Waals surface area (Å²) in [6, 6.07) is 16.3. The standard InChI is InChI=1S/C24H22Cl2N4O4S/c25-18-10-9-17(13-19(18)26)35(33,34)30-21-4-2-1-3-20(21)29-24(32)22(30)14-23(31)28-12-11-15-5-7-16(27)8-6-15/h1-10,13,22H,11-12,14,27H2,(H,28,31)(H,29,32)/t22-/m1/s1. The summed E-state index contributed by atoms with van der Waals surface area (Å²) >= 11 is 12.0. The van der Waals surface area contributed by atoms with Gasteiger partial charge in [-0.05, 0) is 54.4 Å². The molecular weight excluding hydrogens is 511 g/mol. The van der Waals surface area contributed by atoms with E-state index >= 15 is 0 Å². The molecular formula is C24H22Cl2N4O4S. The SMILES string of the molecule is Nc1ccc(CCNC(=O)C[C@@H]2C(=O)Nc3ccccc3N2S(=O)(=O)c2ccc(Cl)c(Cl)c2)cc1. The van der Waals surface area contributed by atoms with Crippen LogP contribution in [0.2, 0.25) is 10.0 Å². The van der Waals surface area contributed by atoms with E-state index in [1.54, 1.807) is 36.4 Å². The van der Waals surface area contributed by atoms with Crippen molar-refractivity contribution in [3.63, 3.8) is 0 Å². The van der Waals surface area contributed by atoms with E-state index in [9.17, 15) is 18.0 Å². The van der Waals surface area contributed by atoms with Gasteiger partial charge in [0.25, 0.3) is 10.0 Å². The molecule has 8 nitrogen and oxygen atoms in total. The van der Waals surface area contributed by atoms with Gasteiger partial charge in [-0.3, -0.25) is 13.9 Å². The van der Waals surface area contributed by atoms with Crippen LogP contribution < -0.4 is 20.7 Å². The molecule has 0 unspecified atom stereocenters. The van der Waals surface area contributed by atoms with Crippen LogP contribution in [0.4, 0.5) is 17.1 Å². The van der Waals surface area contributed by atoms with E-state index in [1.165, 1.54) is 18.2 Å². The molecule has 0 saturated heterocycles. The summed E-state index contributed by atoms with van der Waals surface area (Å²) in [7, 11) is -4.27. The summed E-state index contributed by atoms with van der Waals surface area (Å²) in [6.45, 7) is 0.313. The molecule has 0 aromatic heterocycles. The first-order valence-electron chi connectivity index (χ1n) is 10.7. The fraction of sp³-hybridized carbons (Fsp3) is 0.167. The number of hydrogen-bond donors (Lipinski definition) is 3. The minimum absolute atomic E-state index is 0.0550. The average Bonchev–Trinajstić information content (AvgIpc) is 2.82. The first-order valence-corrected chi connectivity index (χ1v) is 12.9. The first-order chi connectivity index (χ1) is 16.7. The van der Waals surface area contributed by atoms with Crippen LogP contribution >= 0.6 is 23.2 Å². The Morgan fingerprint density at radius 3 is 2.46 bits per heavy atom. The highest BCUT2D eigenvalue weighted by atomic mass is 35.5. The number of carbonyl (C=O) groups excluding carboxylic acids is 2. The number of amides is 2. The van der Waals surface area contributed by atoms with Crippen LogP contribution in [0.5, 0.6) is 0 Å². The van der Waals surface area contributed by atoms with Gasteiger partial charge in [0, 0.05) is 12.2 Å². The van der Waals surface area contributed by atoms with Gasteiger partial charge in [-0.15, -0.1) is 0 Å². The van der Waals surface area contributed by atoms with Crippen LogP contribution in [0.15, 0.2) is 71.6 Å². The predicted molar refractivity (Wildman–Crippen MR) is 137 cm³/mol. The van der Waals surface area contributed by atoms with Crippen molar-refractivity contribution in [3.8, 4) is 0 Å². The van der Waals surface area contributed by atoms with Gasteiger partial charge in [0.05, 0.1) is 32.7 Å². The number of sulfonamides is 1. The minimum atomic E-state index is -4.27. The number of benzene rings is 3. The Hall–Kier alpha value is -3.27. The number of hydrogen-bond acceptors (Lipinski definition) is 5. The van der Waals surface area contributed by atoms with Crippen molar-refractivity contribution in [1.29, 1.82) is 0 Å². The molecule has 0 spiro atoms. The molecule has 0 bridgehead atoms. The second-order valence-electron chi connectivity index (χ2n) is 7.94. The summed E-state index contributed by atoms with van der Waals surface area (Å²) in [5, 5.41) is 5.70. The van der Waals surface area contributed by atoms with Crippen LogP contribution in [0.1, 0.15) is 12.0 Å². The molecule has 4 N–H and O–H groups in total. The fourth-order valence-corrected chi connectivity index (χ4v) is 5.78. The molecule has 1 atom stereocenters.